The number of carbonyl (C=O) groups excluding carboxylic acids is 2. The van der Waals surface area contributed by atoms with Crippen molar-refractivity contribution in [2.45, 2.75) is 83.3 Å². The number of carboxylic acids is 1. The van der Waals surface area contributed by atoms with Crippen molar-refractivity contribution >= 4 is 11.9 Å². The third-order valence-corrected chi connectivity index (χ3v) is 4.19. The lowest BCUT2D eigenvalue weighted by molar-refractivity contribution is -0.873. The van der Waals surface area contributed by atoms with Crippen LogP contribution in [0.4, 0.5) is 0 Å². The minimum atomic E-state index is -1.23. The van der Waals surface area contributed by atoms with E-state index in [0.29, 0.717) is 17.4 Å². The summed E-state index contributed by atoms with van der Waals surface area (Å²) in [6.45, 7) is 2.59. The molecule has 6 heteroatoms. The van der Waals surface area contributed by atoms with Gasteiger partial charge in [0.25, 0.3) is 0 Å². The first kappa shape index (κ1) is 25.6. The molecule has 0 bridgehead atoms. The molecule has 0 amide bonds. The highest BCUT2D eigenvalue weighted by molar-refractivity contribution is 5.72. The van der Waals surface area contributed by atoms with Crippen molar-refractivity contribution in [2.75, 3.05) is 27.7 Å². The zero-order valence-electron chi connectivity index (χ0n) is 17.6. The van der Waals surface area contributed by atoms with Crippen molar-refractivity contribution in [1.29, 1.82) is 0 Å². The molecule has 0 radical (unpaired) electrons. The molecule has 0 aromatic heterocycles. The lowest BCUT2D eigenvalue weighted by Crippen LogP contribution is -2.45. The van der Waals surface area contributed by atoms with Gasteiger partial charge in [-0.3, -0.25) is 4.79 Å². The summed E-state index contributed by atoms with van der Waals surface area (Å²) in [6, 6.07) is 0. The number of ether oxygens (including phenoxy) is 1. The van der Waals surface area contributed by atoms with Crippen molar-refractivity contribution in [2.24, 2.45) is 0 Å². The summed E-state index contributed by atoms with van der Waals surface area (Å²) in [5, 5.41) is 20.8. The molecule has 27 heavy (non-hydrogen) atoms. The fourth-order valence-corrected chi connectivity index (χ4v) is 2.90. The van der Waals surface area contributed by atoms with Gasteiger partial charge in [0, 0.05) is 12.4 Å². The number of unbranched alkanes of at least 4 members (excludes halogenated alkanes) is 6. The van der Waals surface area contributed by atoms with E-state index in [2.05, 4.69) is 6.92 Å². The second-order valence-electron chi connectivity index (χ2n) is 8.27. The number of quaternary nitrogens is 1. The van der Waals surface area contributed by atoms with Crippen LogP contribution in [0.2, 0.25) is 0 Å². The van der Waals surface area contributed by atoms with Gasteiger partial charge in [0.15, 0.2) is 6.10 Å². The molecule has 0 aromatic carbocycles. The maximum Gasteiger partial charge on any atom is 0.310 e. The Hall–Kier alpha value is -1.40. The van der Waals surface area contributed by atoms with Crippen LogP contribution in [0.15, 0.2) is 12.2 Å². The lowest BCUT2D eigenvalue weighted by atomic mass is 10.1. The average molecular weight is 386 g/mol. The molecule has 0 fully saturated rings. The molecule has 0 saturated carbocycles. The summed E-state index contributed by atoms with van der Waals surface area (Å²) in [7, 11) is 5.70. The zero-order chi connectivity index (χ0) is 20.7. The van der Waals surface area contributed by atoms with E-state index in [4.69, 9.17) is 4.74 Å². The minimum absolute atomic E-state index is 0.0226. The Morgan fingerprint density at radius 3 is 2.22 bits per heavy atom. The predicted molar refractivity (Wildman–Crippen MR) is 105 cm³/mol. The van der Waals surface area contributed by atoms with Crippen molar-refractivity contribution in [3.8, 4) is 0 Å². The zero-order valence-corrected chi connectivity index (χ0v) is 17.6. The number of esters is 1. The number of carboxylic acid groups (broad SMARTS) is 1. The first-order valence-corrected chi connectivity index (χ1v) is 10.2. The van der Waals surface area contributed by atoms with Gasteiger partial charge in [-0.2, -0.15) is 0 Å². The fourth-order valence-electron chi connectivity index (χ4n) is 2.90. The van der Waals surface area contributed by atoms with E-state index in [0.717, 1.165) is 12.8 Å². The van der Waals surface area contributed by atoms with Crippen molar-refractivity contribution in [3.05, 3.63) is 12.2 Å². The van der Waals surface area contributed by atoms with Gasteiger partial charge in [0.2, 0.25) is 0 Å². The van der Waals surface area contributed by atoms with Crippen LogP contribution in [-0.2, 0) is 14.3 Å². The Bertz CT molecular complexity index is 442. The van der Waals surface area contributed by atoms with Gasteiger partial charge in [-0.25, -0.2) is 0 Å². The van der Waals surface area contributed by atoms with Gasteiger partial charge in [-0.1, -0.05) is 64.0 Å². The van der Waals surface area contributed by atoms with E-state index in [1.54, 1.807) is 12.2 Å². The van der Waals surface area contributed by atoms with Crippen LogP contribution in [0.1, 0.15) is 71.1 Å². The van der Waals surface area contributed by atoms with Crippen LogP contribution in [0, 0.1) is 0 Å². The predicted octanol–water partition coefficient (Wildman–Crippen LogP) is 2.19. The largest absolute Gasteiger partial charge is 0.550 e. The van der Waals surface area contributed by atoms with Crippen LogP contribution in [0.25, 0.3) is 0 Å². The molecule has 2 unspecified atom stereocenters. The first-order valence-electron chi connectivity index (χ1n) is 10.2. The lowest BCUT2D eigenvalue weighted by Gasteiger charge is -2.29. The molecule has 1 N–H and O–H groups in total. The number of aliphatic hydroxyl groups excluding tert-OH is 1. The maximum atomic E-state index is 11.9. The van der Waals surface area contributed by atoms with Gasteiger partial charge in [-0.15, -0.1) is 0 Å². The summed E-state index contributed by atoms with van der Waals surface area (Å²) in [5.41, 5.74) is 0. The molecule has 6 nitrogen and oxygen atoms in total. The average Bonchev–Trinajstić information content (AvgIpc) is 2.51. The third kappa shape index (κ3) is 17.8. The molecule has 2 atom stereocenters. The Kier molecular flexibility index (Phi) is 13.9. The summed E-state index contributed by atoms with van der Waals surface area (Å²) in [4.78, 5) is 22.7. The molecule has 0 aliphatic heterocycles. The van der Waals surface area contributed by atoms with Crippen LogP contribution in [-0.4, -0.2) is 61.4 Å². The number of hydrogen-bond donors (Lipinski definition) is 1. The normalized spacial score (nSPS) is 14.3. The summed E-state index contributed by atoms with van der Waals surface area (Å²) >= 11 is 0. The standard InChI is InChI=1S/C21H39NO5/c1-5-6-7-8-9-10-11-13-18(23)14-12-15-21(26)27-19(16-20(24)25)17-22(2,3)4/h12,14,18-19,23H,5-11,13,15-17H2,1-4H3/b14-12+. The third-order valence-electron chi connectivity index (χ3n) is 4.19. The molecule has 0 saturated heterocycles. The van der Waals surface area contributed by atoms with Crippen molar-refractivity contribution in [1.82, 2.24) is 0 Å². The SMILES string of the molecule is CCCCCCCCCC(O)/C=C/CC(=O)OC(CC(=O)[O-])C[N+](C)(C)C. The Morgan fingerprint density at radius 2 is 1.67 bits per heavy atom. The number of hydrogen-bond acceptors (Lipinski definition) is 5. The van der Waals surface area contributed by atoms with Crippen LogP contribution in [0.3, 0.4) is 0 Å². The van der Waals surface area contributed by atoms with Crippen LogP contribution in [0.5, 0.6) is 0 Å². The van der Waals surface area contributed by atoms with E-state index < -0.39 is 24.1 Å². The maximum absolute atomic E-state index is 11.9. The number of rotatable bonds is 16. The van der Waals surface area contributed by atoms with E-state index in [1.165, 1.54) is 32.1 Å². The molecule has 0 aliphatic carbocycles. The molecule has 0 aromatic rings. The van der Waals surface area contributed by atoms with E-state index in [9.17, 15) is 19.8 Å². The Balaban J connectivity index is 4.06. The summed E-state index contributed by atoms with van der Waals surface area (Å²) in [5.74, 6) is -1.73. The second kappa shape index (κ2) is 14.6. The summed E-state index contributed by atoms with van der Waals surface area (Å²) < 4.78 is 5.74. The van der Waals surface area contributed by atoms with Gasteiger partial charge >= 0.3 is 5.97 Å². The van der Waals surface area contributed by atoms with E-state index in [-0.39, 0.29) is 12.8 Å². The van der Waals surface area contributed by atoms with Gasteiger partial charge < -0.3 is 24.2 Å². The number of nitrogens with zero attached hydrogens (tertiary/aromatic N) is 1. The first-order chi connectivity index (χ1) is 12.6. The van der Waals surface area contributed by atoms with E-state index >= 15 is 0 Å². The van der Waals surface area contributed by atoms with Crippen LogP contribution < -0.4 is 5.11 Å². The minimum Gasteiger partial charge on any atom is -0.550 e. The van der Waals surface area contributed by atoms with Crippen molar-refractivity contribution < 1.29 is 29.0 Å². The number of carbonyl (C=O) groups is 2. The van der Waals surface area contributed by atoms with Gasteiger partial charge in [0.05, 0.1) is 33.7 Å². The Labute approximate surface area is 164 Å². The van der Waals surface area contributed by atoms with Crippen molar-refractivity contribution in [3.63, 3.8) is 0 Å². The smallest absolute Gasteiger partial charge is 0.310 e. The molecule has 0 aliphatic rings. The highest BCUT2D eigenvalue weighted by Gasteiger charge is 2.22. The van der Waals surface area contributed by atoms with E-state index in [1.807, 2.05) is 21.1 Å². The summed E-state index contributed by atoms with van der Waals surface area (Å²) in [6.07, 6.45) is 10.7. The van der Waals surface area contributed by atoms with Crippen LogP contribution >= 0.6 is 0 Å². The topological polar surface area (TPSA) is 86.7 Å². The molecular formula is C21H39NO5. The molecule has 158 valence electrons. The monoisotopic (exact) mass is 385 g/mol. The second-order valence-corrected chi connectivity index (χ2v) is 8.27. The molecule has 0 rings (SSSR count). The molecule has 0 heterocycles. The molecule has 0 spiro atoms. The van der Waals surface area contributed by atoms with Gasteiger partial charge in [0.1, 0.15) is 6.54 Å². The number of aliphatic carboxylic acids is 1. The Morgan fingerprint density at radius 1 is 1.07 bits per heavy atom. The highest BCUT2D eigenvalue weighted by Crippen LogP contribution is 2.11. The van der Waals surface area contributed by atoms with Gasteiger partial charge in [-0.05, 0) is 6.42 Å². The number of likely N-dealkylation sites (N-methyl/N-ethyl adjacent to an activating group) is 1. The molecular weight excluding hydrogens is 346 g/mol. The quantitative estimate of drug-likeness (QED) is 0.190. The number of aliphatic hydroxyl groups is 1. The fraction of sp³-hybridized carbons (Fsp3) is 0.810. The highest BCUT2D eigenvalue weighted by atomic mass is 16.5.